The molecular formula is C17H19Br2NS. The van der Waals surface area contributed by atoms with Crippen LogP contribution in [-0.2, 0) is 6.42 Å². The highest BCUT2D eigenvalue weighted by Gasteiger charge is 2.29. The molecule has 0 saturated heterocycles. The fourth-order valence-electron chi connectivity index (χ4n) is 3.32. The number of aryl methyl sites for hydroxylation is 1. The summed E-state index contributed by atoms with van der Waals surface area (Å²) in [5.74, 6) is 0.576. The van der Waals surface area contributed by atoms with Crippen LogP contribution in [0.4, 0.5) is 0 Å². The summed E-state index contributed by atoms with van der Waals surface area (Å²) < 4.78 is 2.35. The molecule has 0 aliphatic heterocycles. The van der Waals surface area contributed by atoms with Crippen LogP contribution < -0.4 is 5.32 Å². The normalized spacial score (nSPS) is 19.3. The number of hydrogen-bond acceptors (Lipinski definition) is 2. The molecule has 1 aliphatic carbocycles. The summed E-state index contributed by atoms with van der Waals surface area (Å²) in [4.78, 5) is 1.41. The maximum Gasteiger partial charge on any atom is 0.0843 e. The number of rotatable bonds is 4. The molecule has 1 heterocycles. The van der Waals surface area contributed by atoms with E-state index in [0.717, 1.165) is 11.0 Å². The number of halogens is 2. The van der Waals surface area contributed by atoms with Crippen LogP contribution in [0.15, 0.2) is 38.6 Å². The van der Waals surface area contributed by atoms with Gasteiger partial charge in [0.15, 0.2) is 0 Å². The lowest BCUT2D eigenvalue weighted by Crippen LogP contribution is -2.28. The van der Waals surface area contributed by atoms with Gasteiger partial charge in [0.2, 0.25) is 0 Å². The van der Waals surface area contributed by atoms with E-state index in [0.29, 0.717) is 12.0 Å². The summed E-state index contributed by atoms with van der Waals surface area (Å²) in [6.45, 7) is 3.19. The van der Waals surface area contributed by atoms with Crippen LogP contribution in [-0.4, -0.2) is 6.54 Å². The number of likely N-dealkylation sites (N-methyl/N-ethyl adjacent to an activating group) is 1. The molecule has 0 saturated carbocycles. The second kappa shape index (κ2) is 6.95. The molecular weight excluding hydrogens is 410 g/mol. The first kappa shape index (κ1) is 15.7. The molecule has 1 nitrogen and oxygen atoms in total. The Kier molecular flexibility index (Phi) is 5.20. The van der Waals surface area contributed by atoms with Gasteiger partial charge in [-0.2, -0.15) is 0 Å². The van der Waals surface area contributed by atoms with Crippen molar-refractivity contribution in [2.75, 3.05) is 6.54 Å². The molecule has 0 bridgehead atoms. The number of fused-ring (bicyclic) bond motifs is 1. The topological polar surface area (TPSA) is 12.0 Å². The Bertz CT molecular complexity index is 604. The Morgan fingerprint density at radius 1 is 1.33 bits per heavy atom. The highest BCUT2D eigenvalue weighted by atomic mass is 79.9. The summed E-state index contributed by atoms with van der Waals surface area (Å²) in [7, 11) is 0. The minimum Gasteiger partial charge on any atom is -0.309 e. The van der Waals surface area contributed by atoms with E-state index in [2.05, 4.69) is 74.4 Å². The van der Waals surface area contributed by atoms with E-state index in [9.17, 15) is 0 Å². The predicted octanol–water partition coefficient (Wildman–Crippen LogP) is 6.04. The van der Waals surface area contributed by atoms with Crippen molar-refractivity contribution < 1.29 is 0 Å². The van der Waals surface area contributed by atoms with Crippen LogP contribution in [0.1, 0.15) is 47.7 Å². The van der Waals surface area contributed by atoms with Crippen LogP contribution in [0.3, 0.4) is 0 Å². The van der Waals surface area contributed by atoms with Crippen LogP contribution in [0.5, 0.6) is 0 Å². The van der Waals surface area contributed by atoms with Gasteiger partial charge in [0.1, 0.15) is 0 Å². The lowest BCUT2D eigenvalue weighted by molar-refractivity contribution is 0.413. The van der Waals surface area contributed by atoms with Gasteiger partial charge in [-0.05, 0) is 74.9 Å². The van der Waals surface area contributed by atoms with E-state index in [1.807, 2.05) is 11.3 Å². The van der Waals surface area contributed by atoms with Gasteiger partial charge < -0.3 is 5.32 Å². The second-order valence-electron chi connectivity index (χ2n) is 5.50. The fourth-order valence-corrected chi connectivity index (χ4v) is 5.55. The summed E-state index contributed by atoms with van der Waals surface area (Å²) in [5.41, 5.74) is 3.07. The van der Waals surface area contributed by atoms with Gasteiger partial charge in [-0.15, -0.1) is 11.3 Å². The van der Waals surface area contributed by atoms with Crippen molar-refractivity contribution in [3.8, 4) is 0 Å². The van der Waals surface area contributed by atoms with Crippen molar-refractivity contribution in [2.45, 2.75) is 38.1 Å². The third-order valence-electron chi connectivity index (χ3n) is 4.21. The lowest BCUT2D eigenvalue weighted by atomic mass is 9.78. The van der Waals surface area contributed by atoms with Crippen LogP contribution in [0, 0.1) is 0 Å². The zero-order valence-corrected chi connectivity index (χ0v) is 16.0. The van der Waals surface area contributed by atoms with E-state index < -0.39 is 0 Å². The zero-order valence-electron chi connectivity index (χ0n) is 12.0. The Morgan fingerprint density at radius 2 is 2.14 bits per heavy atom. The maximum absolute atomic E-state index is 3.72. The van der Waals surface area contributed by atoms with Gasteiger partial charge in [-0.1, -0.05) is 31.2 Å². The summed E-state index contributed by atoms with van der Waals surface area (Å²) in [6.07, 6.45) is 3.78. The average molecular weight is 429 g/mol. The quantitative estimate of drug-likeness (QED) is 0.625. The molecule has 2 aromatic rings. The van der Waals surface area contributed by atoms with Crippen molar-refractivity contribution in [2.24, 2.45) is 0 Å². The summed E-state index contributed by atoms with van der Waals surface area (Å²) in [6, 6.07) is 11.6. The van der Waals surface area contributed by atoms with Gasteiger partial charge in [0.25, 0.3) is 0 Å². The zero-order chi connectivity index (χ0) is 14.8. The molecule has 0 fully saturated rings. The minimum absolute atomic E-state index is 0.407. The molecule has 2 atom stereocenters. The number of hydrogen-bond donors (Lipinski definition) is 1. The van der Waals surface area contributed by atoms with Crippen molar-refractivity contribution in [3.05, 3.63) is 54.6 Å². The van der Waals surface area contributed by atoms with Crippen molar-refractivity contribution in [1.82, 2.24) is 5.32 Å². The van der Waals surface area contributed by atoms with E-state index >= 15 is 0 Å². The Labute approximate surface area is 147 Å². The molecule has 0 radical (unpaired) electrons. The minimum atomic E-state index is 0.407. The second-order valence-corrected chi connectivity index (χ2v) is 8.76. The summed E-state index contributed by atoms with van der Waals surface area (Å²) in [5, 5.41) is 3.72. The van der Waals surface area contributed by atoms with Crippen LogP contribution >= 0.6 is 43.2 Å². The van der Waals surface area contributed by atoms with Crippen molar-refractivity contribution in [3.63, 3.8) is 0 Å². The Morgan fingerprint density at radius 3 is 2.86 bits per heavy atom. The standard InChI is InChI=1S/C17H19Br2NS/c1-2-20-16(15-10-14(18)17(19)21-15)13-9-5-7-11-6-3-4-8-12(11)13/h3-4,6,8,10,13,16,20H,2,5,7,9H2,1H3. The van der Waals surface area contributed by atoms with E-state index in [-0.39, 0.29) is 0 Å². The molecule has 1 aliphatic rings. The Hall–Kier alpha value is -0.160. The molecule has 4 heteroatoms. The molecule has 3 rings (SSSR count). The van der Waals surface area contributed by atoms with E-state index in [4.69, 9.17) is 0 Å². The average Bonchev–Trinajstić information content (AvgIpc) is 2.84. The fraction of sp³-hybridized carbons (Fsp3) is 0.412. The lowest BCUT2D eigenvalue weighted by Gasteiger charge is -2.32. The molecule has 2 unspecified atom stereocenters. The van der Waals surface area contributed by atoms with Gasteiger partial charge in [-0.25, -0.2) is 0 Å². The first-order valence-electron chi connectivity index (χ1n) is 7.46. The van der Waals surface area contributed by atoms with Crippen molar-refractivity contribution in [1.29, 1.82) is 0 Å². The highest BCUT2D eigenvalue weighted by Crippen LogP contribution is 2.44. The SMILES string of the molecule is CCNC(c1cc(Br)c(Br)s1)C1CCCc2ccccc21. The highest BCUT2D eigenvalue weighted by molar-refractivity contribution is 9.13. The van der Waals surface area contributed by atoms with Crippen LogP contribution in [0.2, 0.25) is 0 Å². The summed E-state index contributed by atoms with van der Waals surface area (Å²) >= 11 is 9.10. The molecule has 21 heavy (non-hydrogen) atoms. The van der Waals surface area contributed by atoms with E-state index in [1.165, 1.54) is 39.1 Å². The largest absolute Gasteiger partial charge is 0.309 e. The number of benzene rings is 1. The predicted molar refractivity (Wildman–Crippen MR) is 98.3 cm³/mol. The van der Waals surface area contributed by atoms with Crippen LogP contribution in [0.25, 0.3) is 0 Å². The number of nitrogens with one attached hydrogen (secondary N) is 1. The first-order valence-corrected chi connectivity index (χ1v) is 9.87. The van der Waals surface area contributed by atoms with Gasteiger partial charge in [-0.3, -0.25) is 0 Å². The maximum atomic E-state index is 3.72. The van der Waals surface area contributed by atoms with Gasteiger partial charge >= 0.3 is 0 Å². The molecule has 0 spiro atoms. The van der Waals surface area contributed by atoms with E-state index in [1.54, 1.807) is 0 Å². The third-order valence-corrected chi connectivity index (χ3v) is 7.55. The first-order chi connectivity index (χ1) is 10.2. The molecule has 0 amide bonds. The molecule has 112 valence electrons. The Balaban J connectivity index is 1.98. The molecule has 1 aromatic heterocycles. The van der Waals surface area contributed by atoms with Gasteiger partial charge in [0.05, 0.1) is 3.79 Å². The van der Waals surface area contributed by atoms with Crippen molar-refractivity contribution >= 4 is 43.2 Å². The molecule has 1 aromatic carbocycles. The smallest absolute Gasteiger partial charge is 0.0843 e. The number of thiophene rings is 1. The monoisotopic (exact) mass is 427 g/mol. The van der Waals surface area contributed by atoms with Gasteiger partial charge in [0, 0.05) is 21.3 Å². The third kappa shape index (κ3) is 3.29. The molecule has 1 N–H and O–H groups in total.